The Morgan fingerprint density at radius 1 is 0.929 bits per heavy atom. The molecule has 0 aliphatic carbocycles. The first-order chi connectivity index (χ1) is 6.70. The van der Waals surface area contributed by atoms with Crippen molar-refractivity contribution in [2.45, 2.75) is 0 Å². The number of hydrogen-bond donors (Lipinski definition) is 4. The molecular formula is C8H14N4O2. The van der Waals surface area contributed by atoms with Gasteiger partial charge in [-0.05, 0) is 0 Å². The van der Waals surface area contributed by atoms with Crippen LogP contribution in [-0.2, 0) is 0 Å². The highest BCUT2D eigenvalue weighted by molar-refractivity contribution is 5.80. The lowest BCUT2D eigenvalue weighted by Gasteiger charge is -2.07. The molecule has 0 spiro atoms. The number of carbonyl (C=O) groups is 2. The predicted molar refractivity (Wildman–Crippen MR) is 53.5 cm³/mol. The Kier molecular flexibility index (Phi) is 6.57. The first kappa shape index (κ1) is 12.0. The van der Waals surface area contributed by atoms with E-state index in [1.807, 2.05) is 0 Å². The molecule has 0 atom stereocenters. The zero-order valence-corrected chi connectivity index (χ0v) is 7.80. The third kappa shape index (κ3) is 6.71. The SMILES string of the molecule is C=CCNC(=O)NNC(=O)NCC=C. The van der Waals surface area contributed by atoms with Gasteiger partial charge in [0.1, 0.15) is 0 Å². The minimum Gasteiger partial charge on any atom is -0.333 e. The molecule has 0 unspecified atom stereocenters. The topological polar surface area (TPSA) is 82.3 Å². The molecule has 0 radical (unpaired) electrons. The standard InChI is InChI=1S/C8H14N4O2/c1-3-5-9-7(13)11-12-8(14)10-6-4-2/h3-4H,1-2,5-6H2,(H2,9,11,13)(H2,10,12,14). The van der Waals surface area contributed by atoms with Crippen LogP contribution in [0.4, 0.5) is 9.59 Å². The molecule has 78 valence electrons. The van der Waals surface area contributed by atoms with Gasteiger partial charge in [0.2, 0.25) is 0 Å². The van der Waals surface area contributed by atoms with Crippen LogP contribution in [0.5, 0.6) is 0 Å². The molecule has 0 aliphatic rings. The van der Waals surface area contributed by atoms with Gasteiger partial charge < -0.3 is 10.6 Å². The second-order valence-corrected chi connectivity index (χ2v) is 2.25. The van der Waals surface area contributed by atoms with Crippen LogP contribution in [0, 0.1) is 0 Å². The van der Waals surface area contributed by atoms with Crippen molar-refractivity contribution >= 4 is 12.1 Å². The molecule has 0 bridgehead atoms. The first-order valence-corrected chi connectivity index (χ1v) is 4.00. The Morgan fingerprint density at radius 3 is 1.57 bits per heavy atom. The van der Waals surface area contributed by atoms with E-state index in [0.29, 0.717) is 13.1 Å². The lowest BCUT2D eigenvalue weighted by atomic mass is 10.6. The summed E-state index contributed by atoms with van der Waals surface area (Å²) in [4.78, 5) is 21.7. The summed E-state index contributed by atoms with van der Waals surface area (Å²) in [6.45, 7) is 7.50. The lowest BCUT2D eigenvalue weighted by molar-refractivity contribution is 0.225. The third-order valence-electron chi connectivity index (χ3n) is 1.10. The molecular weight excluding hydrogens is 184 g/mol. The Hall–Kier alpha value is -1.98. The molecule has 0 saturated heterocycles. The van der Waals surface area contributed by atoms with Crippen molar-refractivity contribution in [2.75, 3.05) is 13.1 Å². The van der Waals surface area contributed by atoms with Gasteiger partial charge in [-0.2, -0.15) is 0 Å². The van der Waals surface area contributed by atoms with Gasteiger partial charge in [0.25, 0.3) is 0 Å². The maximum Gasteiger partial charge on any atom is 0.333 e. The number of hydrogen-bond acceptors (Lipinski definition) is 2. The molecule has 6 nitrogen and oxygen atoms in total. The van der Waals surface area contributed by atoms with Crippen LogP contribution in [0.1, 0.15) is 0 Å². The Bertz CT molecular complexity index is 203. The Morgan fingerprint density at radius 2 is 1.29 bits per heavy atom. The number of carbonyl (C=O) groups excluding carboxylic acids is 2. The van der Waals surface area contributed by atoms with Crippen LogP contribution in [0.2, 0.25) is 0 Å². The summed E-state index contributed by atoms with van der Waals surface area (Å²) in [5, 5.41) is 4.83. The normalized spacial score (nSPS) is 8.29. The van der Waals surface area contributed by atoms with E-state index in [9.17, 15) is 9.59 Å². The molecule has 0 aromatic heterocycles. The monoisotopic (exact) mass is 198 g/mol. The number of urea groups is 2. The van der Waals surface area contributed by atoms with E-state index in [1.165, 1.54) is 12.2 Å². The smallest absolute Gasteiger partial charge is 0.333 e. The lowest BCUT2D eigenvalue weighted by Crippen LogP contribution is -2.50. The summed E-state index contributed by atoms with van der Waals surface area (Å²) in [7, 11) is 0. The Balaban J connectivity index is 3.50. The minimum atomic E-state index is -0.501. The van der Waals surface area contributed by atoms with Gasteiger partial charge in [0.15, 0.2) is 0 Å². The van der Waals surface area contributed by atoms with E-state index >= 15 is 0 Å². The van der Waals surface area contributed by atoms with E-state index < -0.39 is 12.1 Å². The van der Waals surface area contributed by atoms with Gasteiger partial charge >= 0.3 is 12.1 Å². The molecule has 14 heavy (non-hydrogen) atoms. The second kappa shape index (κ2) is 7.66. The largest absolute Gasteiger partial charge is 0.333 e. The van der Waals surface area contributed by atoms with Crippen molar-refractivity contribution in [1.82, 2.24) is 21.5 Å². The molecule has 0 fully saturated rings. The number of rotatable bonds is 4. The zero-order valence-electron chi connectivity index (χ0n) is 7.80. The second-order valence-electron chi connectivity index (χ2n) is 2.25. The fraction of sp³-hybridized carbons (Fsp3) is 0.250. The van der Waals surface area contributed by atoms with E-state index in [2.05, 4.69) is 34.6 Å². The summed E-state index contributed by atoms with van der Waals surface area (Å²) < 4.78 is 0. The quantitative estimate of drug-likeness (QED) is 0.375. The zero-order chi connectivity index (χ0) is 10.8. The van der Waals surface area contributed by atoms with E-state index in [0.717, 1.165) is 0 Å². The Labute approximate surface area is 82.4 Å². The van der Waals surface area contributed by atoms with Crippen LogP contribution in [0.15, 0.2) is 25.3 Å². The highest BCUT2D eigenvalue weighted by Crippen LogP contribution is 1.65. The fourth-order valence-electron chi connectivity index (χ4n) is 0.532. The van der Waals surface area contributed by atoms with Crippen LogP contribution in [0.3, 0.4) is 0 Å². The van der Waals surface area contributed by atoms with Gasteiger partial charge in [-0.3, -0.25) is 0 Å². The van der Waals surface area contributed by atoms with Crippen molar-refractivity contribution in [1.29, 1.82) is 0 Å². The highest BCUT2D eigenvalue weighted by Gasteiger charge is 2.00. The van der Waals surface area contributed by atoms with Crippen LogP contribution >= 0.6 is 0 Å². The average molecular weight is 198 g/mol. The van der Waals surface area contributed by atoms with Gasteiger partial charge in [-0.1, -0.05) is 12.2 Å². The number of amides is 4. The first-order valence-electron chi connectivity index (χ1n) is 4.00. The van der Waals surface area contributed by atoms with E-state index in [1.54, 1.807) is 0 Å². The number of hydrazine groups is 1. The molecule has 0 aliphatic heterocycles. The summed E-state index contributed by atoms with van der Waals surface area (Å²) in [5.74, 6) is 0. The van der Waals surface area contributed by atoms with Gasteiger partial charge in [-0.25, -0.2) is 20.4 Å². The molecule has 6 heteroatoms. The van der Waals surface area contributed by atoms with Crippen LogP contribution in [0.25, 0.3) is 0 Å². The molecule has 0 rings (SSSR count). The fourth-order valence-corrected chi connectivity index (χ4v) is 0.532. The maximum atomic E-state index is 10.8. The van der Waals surface area contributed by atoms with Crippen molar-refractivity contribution in [3.63, 3.8) is 0 Å². The molecule has 0 heterocycles. The summed E-state index contributed by atoms with van der Waals surface area (Å²) >= 11 is 0. The van der Waals surface area contributed by atoms with Crippen molar-refractivity contribution < 1.29 is 9.59 Å². The molecule has 0 aromatic carbocycles. The van der Waals surface area contributed by atoms with Crippen molar-refractivity contribution in [2.24, 2.45) is 0 Å². The predicted octanol–water partition coefficient (Wildman–Crippen LogP) is -0.128. The van der Waals surface area contributed by atoms with E-state index in [4.69, 9.17) is 0 Å². The highest BCUT2D eigenvalue weighted by atomic mass is 16.2. The molecule has 0 aromatic rings. The summed E-state index contributed by atoms with van der Waals surface area (Å²) in [6.07, 6.45) is 3.05. The van der Waals surface area contributed by atoms with Crippen molar-refractivity contribution in [3.05, 3.63) is 25.3 Å². The maximum absolute atomic E-state index is 10.8. The van der Waals surface area contributed by atoms with Crippen molar-refractivity contribution in [3.8, 4) is 0 Å². The molecule has 4 amide bonds. The van der Waals surface area contributed by atoms with Crippen LogP contribution in [-0.4, -0.2) is 25.2 Å². The summed E-state index contributed by atoms with van der Waals surface area (Å²) in [5.41, 5.74) is 4.26. The van der Waals surface area contributed by atoms with Gasteiger partial charge in [0.05, 0.1) is 0 Å². The molecule has 4 N–H and O–H groups in total. The average Bonchev–Trinajstić information content (AvgIpc) is 2.20. The van der Waals surface area contributed by atoms with Crippen LogP contribution < -0.4 is 21.5 Å². The van der Waals surface area contributed by atoms with E-state index in [-0.39, 0.29) is 0 Å². The summed E-state index contributed by atoms with van der Waals surface area (Å²) in [6, 6.07) is -1.00. The van der Waals surface area contributed by atoms with Gasteiger partial charge in [0, 0.05) is 13.1 Å². The number of nitrogens with one attached hydrogen (secondary N) is 4. The third-order valence-corrected chi connectivity index (χ3v) is 1.10. The van der Waals surface area contributed by atoms with Gasteiger partial charge in [-0.15, -0.1) is 13.2 Å². The minimum absolute atomic E-state index is 0.335. The molecule has 0 saturated carbocycles.